The summed E-state index contributed by atoms with van der Waals surface area (Å²) in [6.07, 6.45) is 1.42. The number of pyridine rings is 1. The average Bonchev–Trinajstić information content (AvgIpc) is 2.53. The predicted molar refractivity (Wildman–Crippen MR) is 75.6 cm³/mol. The summed E-state index contributed by atoms with van der Waals surface area (Å²) in [5.74, 6) is -0.981. The van der Waals surface area contributed by atoms with Crippen LogP contribution >= 0.6 is 0 Å². The third-order valence-corrected chi connectivity index (χ3v) is 3.61. The molecule has 21 heavy (non-hydrogen) atoms. The smallest absolute Gasteiger partial charge is 0.337 e. The first-order chi connectivity index (χ1) is 10.2. The lowest BCUT2D eigenvalue weighted by molar-refractivity contribution is -0.151. The Morgan fingerprint density at radius 3 is 2.95 bits per heavy atom. The van der Waals surface area contributed by atoms with Crippen LogP contribution in [0.5, 0.6) is 0 Å². The number of aromatic nitrogens is 1. The van der Waals surface area contributed by atoms with E-state index in [1.165, 1.54) is 0 Å². The number of carboxylic acids is 1. The molecule has 1 atom stereocenters. The number of benzene rings is 1. The summed E-state index contributed by atoms with van der Waals surface area (Å²) in [4.78, 5) is 15.6. The van der Waals surface area contributed by atoms with E-state index < -0.39 is 12.1 Å². The van der Waals surface area contributed by atoms with Crippen molar-refractivity contribution >= 4 is 5.97 Å². The third kappa shape index (κ3) is 2.66. The van der Waals surface area contributed by atoms with Gasteiger partial charge in [0.05, 0.1) is 18.9 Å². The van der Waals surface area contributed by atoms with E-state index in [-0.39, 0.29) is 6.61 Å². The van der Waals surface area contributed by atoms with E-state index in [1.807, 2.05) is 18.2 Å². The van der Waals surface area contributed by atoms with E-state index in [4.69, 9.17) is 4.74 Å². The SMILES string of the molecule is O=C(O)C1OCCc2ccc(-c3cc(CO)ccn3)cc21. The summed E-state index contributed by atoms with van der Waals surface area (Å²) in [6.45, 7) is 0.364. The van der Waals surface area contributed by atoms with Crippen LogP contribution in [0.1, 0.15) is 22.8 Å². The van der Waals surface area contributed by atoms with Gasteiger partial charge >= 0.3 is 5.97 Å². The molecule has 108 valence electrons. The highest BCUT2D eigenvalue weighted by Crippen LogP contribution is 2.31. The molecule has 0 fully saturated rings. The van der Waals surface area contributed by atoms with Gasteiger partial charge in [0.25, 0.3) is 0 Å². The standard InChI is InChI=1S/C16H15NO4/c18-9-10-3-5-17-14(7-10)12-2-1-11-4-6-21-15(16(19)20)13(11)8-12/h1-3,5,7-8,15,18H,4,6,9H2,(H,19,20). The second kappa shape index (κ2) is 5.63. The lowest BCUT2D eigenvalue weighted by Gasteiger charge is -2.23. The van der Waals surface area contributed by atoms with Crippen molar-refractivity contribution in [1.82, 2.24) is 4.98 Å². The lowest BCUT2D eigenvalue weighted by Crippen LogP contribution is -2.23. The first kappa shape index (κ1) is 13.7. The van der Waals surface area contributed by atoms with Gasteiger partial charge in [0.1, 0.15) is 0 Å². The minimum Gasteiger partial charge on any atom is -0.479 e. The number of aliphatic hydroxyl groups excluding tert-OH is 1. The summed E-state index contributed by atoms with van der Waals surface area (Å²) in [5, 5.41) is 18.4. The van der Waals surface area contributed by atoms with Crippen LogP contribution in [0, 0.1) is 0 Å². The van der Waals surface area contributed by atoms with Crippen molar-refractivity contribution in [2.75, 3.05) is 6.61 Å². The topological polar surface area (TPSA) is 79.7 Å². The summed E-state index contributed by atoms with van der Waals surface area (Å²) in [7, 11) is 0. The van der Waals surface area contributed by atoms with Gasteiger partial charge < -0.3 is 14.9 Å². The molecule has 1 aromatic heterocycles. The predicted octanol–water partition coefficient (Wildman–Crippen LogP) is 1.94. The molecular weight excluding hydrogens is 270 g/mol. The fraction of sp³-hybridized carbons (Fsp3) is 0.250. The second-order valence-corrected chi connectivity index (χ2v) is 4.96. The second-order valence-electron chi connectivity index (χ2n) is 4.96. The Morgan fingerprint density at radius 2 is 2.19 bits per heavy atom. The van der Waals surface area contributed by atoms with Gasteiger partial charge in [-0.2, -0.15) is 0 Å². The highest BCUT2D eigenvalue weighted by Gasteiger charge is 2.27. The summed E-state index contributed by atoms with van der Waals surface area (Å²) >= 11 is 0. The monoisotopic (exact) mass is 285 g/mol. The normalized spacial score (nSPS) is 17.3. The van der Waals surface area contributed by atoms with E-state index in [0.717, 1.165) is 16.7 Å². The van der Waals surface area contributed by atoms with Crippen molar-refractivity contribution in [3.05, 3.63) is 53.2 Å². The van der Waals surface area contributed by atoms with Crippen LogP contribution in [-0.4, -0.2) is 27.8 Å². The number of hydrogen-bond acceptors (Lipinski definition) is 4. The third-order valence-electron chi connectivity index (χ3n) is 3.61. The Morgan fingerprint density at radius 1 is 1.33 bits per heavy atom. The number of rotatable bonds is 3. The molecule has 0 radical (unpaired) electrons. The number of hydrogen-bond donors (Lipinski definition) is 2. The zero-order valence-corrected chi connectivity index (χ0v) is 11.3. The largest absolute Gasteiger partial charge is 0.479 e. The van der Waals surface area contributed by atoms with Gasteiger partial charge in [0.15, 0.2) is 6.10 Å². The van der Waals surface area contributed by atoms with Crippen molar-refractivity contribution in [2.24, 2.45) is 0 Å². The van der Waals surface area contributed by atoms with E-state index >= 15 is 0 Å². The Kier molecular flexibility index (Phi) is 3.68. The summed E-state index contributed by atoms with van der Waals surface area (Å²) in [5.41, 5.74) is 3.97. The highest BCUT2D eigenvalue weighted by atomic mass is 16.5. The number of fused-ring (bicyclic) bond motifs is 1. The molecule has 0 amide bonds. The van der Waals surface area contributed by atoms with Crippen LogP contribution in [0.15, 0.2) is 36.5 Å². The van der Waals surface area contributed by atoms with Crippen LogP contribution in [-0.2, 0) is 22.6 Å². The number of aliphatic hydroxyl groups is 1. The van der Waals surface area contributed by atoms with Crippen LogP contribution in [0.3, 0.4) is 0 Å². The van der Waals surface area contributed by atoms with Gasteiger partial charge in [0.2, 0.25) is 0 Å². The Hall–Kier alpha value is -2.24. The van der Waals surface area contributed by atoms with Crippen molar-refractivity contribution in [3.63, 3.8) is 0 Å². The molecule has 0 spiro atoms. The molecule has 1 aliphatic rings. The van der Waals surface area contributed by atoms with E-state index in [9.17, 15) is 15.0 Å². The van der Waals surface area contributed by atoms with Gasteiger partial charge in [-0.25, -0.2) is 4.79 Å². The van der Waals surface area contributed by atoms with Crippen molar-refractivity contribution in [2.45, 2.75) is 19.1 Å². The summed E-state index contributed by atoms with van der Waals surface area (Å²) in [6, 6.07) is 9.20. The maximum Gasteiger partial charge on any atom is 0.337 e. The van der Waals surface area contributed by atoms with Crippen LogP contribution in [0.25, 0.3) is 11.3 Å². The fourth-order valence-corrected chi connectivity index (χ4v) is 2.54. The fourth-order valence-electron chi connectivity index (χ4n) is 2.54. The van der Waals surface area contributed by atoms with Crippen molar-refractivity contribution in [3.8, 4) is 11.3 Å². The van der Waals surface area contributed by atoms with Crippen LogP contribution in [0.4, 0.5) is 0 Å². The van der Waals surface area contributed by atoms with E-state index in [0.29, 0.717) is 24.3 Å². The molecule has 1 aromatic carbocycles. The quantitative estimate of drug-likeness (QED) is 0.901. The van der Waals surface area contributed by atoms with Crippen LogP contribution in [0.2, 0.25) is 0 Å². The highest BCUT2D eigenvalue weighted by molar-refractivity contribution is 5.76. The number of carboxylic acid groups (broad SMARTS) is 1. The molecule has 0 saturated heterocycles. The number of ether oxygens (including phenoxy) is 1. The molecular formula is C16H15NO4. The number of carbonyl (C=O) groups is 1. The zero-order chi connectivity index (χ0) is 14.8. The molecule has 1 unspecified atom stereocenters. The molecule has 0 bridgehead atoms. The molecule has 5 heteroatoms. The minimum absolute atomic E-state index is 0.0542. The molecule has 3 rings (SSSR count). The first-order valence-electron chi connectivity index (χ1n) is 6.72. The Balaban J connectivity index is 2.05. The van der Waals surface area contributed by atoms with Crippen molar-refractivity contribution in [1.29, 1.82) is 0 Å². The van der Waals surface area contributed by atoms with E-state index in [1.54, 1.807) is 18.3 Å². The Labute approximate surface area is 121 Å². The molecule has 5 nitrogen and oxygen atoms in total. The average molecular weight is 285 g/mol. The maximum absolute atomic E-state index is 11.3. The van der Waals surface area contributed by atoms with Gasteiger partial charge in [-0.15, -0.1) is 0 Å². The summed E-state index contributed by atoms with van der Waals surface area (Å²) < 4.78 is 5.34. The molecule has 0 aliphatic carbocycles. The van der Waals surface area contributed by atoms with Crippen molar-refractivity contribution < 1.29 is 19.7 Å². The van der Waals surface area contributed by atoms with Crippen LogP contribution < -0.4 is 0 Å². The maximum atomic E-state index is 11.3. The molecule has 2 N–H and O–H groups in total. The number of nitrogens with zero attached hydrogens (tertiary/aromatic N) is 1. The molecule has 2 aromatic rings. The zero-order valence-electron chi connectivity index (χ0n) is 11.3. The minimum atomic E-state index is -0.981. The first-order valence-corrected chi connectivity index (χ1v) is 6.72. The Bertz CT molecular complexity index is 684. The van der Waals surface area contributed by atoms with E-state index in [2.05, 4.69) is 4.98 Å². The van der Waals surface area contributed by atoms with Gasteiger partial charge in [-0.05, 0) is 41.3 Å². The lowest BCUT2D eigenvalue weighted by atomic mass is 9.94. The van der Waals surface area contributed by atoms with Gasteiger partial charge in [-0.3, -0.25) is 4.98 Å². The molecule has 0 saturated carbocycles. The van der Waals surface area contributed by atoms with Gasteiger partial charge in [-0.1, -0.05) is 12.1 Å². The van der Waals surface area contributed by atoms with Gasteiger partial charge in [0, 0.05) is 11.8 Å². The molecule has 2 heterocycles. The molecule has 1 aliphatic heterocycles. The number of aliphatic carboxylic acids is 1.